The van der Waals surface area contributed by atoms with Gasteiger partial charge in [0.1, 0.15) is 17.3 Å². The number of anilines is 1. The molecule has 0 spiro atoms. The van der Waals surface area contributed by atoms with Gasteiger partial charge in [0.2, 0.25) is 0 Å². The maximum absolute atomic E-state index is 8.89. The number of pyridine rings is 1. The lowest BCUT2D eigenvalue weighted by molar-refractivity contribution is 0.288. The van der Waals surface area contributed by atoms with Gasteiger partial charge in [0.05, 0.1) is 0 Å². The minimum absolute atomic E-state index is 0.0299. The molecule has 0 fully saturated rings. The number of nitrogen functional groups attached to an aromatic ring is 1. The molecular formula is C12H20N4O. The summed E-state index contributed by atoms with van der Waals surface area (Å²) < 4.78 is 0. The number of hydrogen-bond donors (Lipinski definition) is 3. The van der Waals surface area contributed by atoms with Crippen molar-refractivity contribution in [2.24, 2.45) is 5.73 Å². The van der Waals surface area contributed by atoms with Crippen molar-refractivity contribution in [1.82, 2.24) is 4.98 Å². The first-order valence-corrected chi connectivity index (χ1v) is 5.75. The highest BCUT2D eigenvalue weighted by atomic mass is 16.3. The van der Waals surface area contributed by atoms with Gasteiger partial charge in [-0.05, 0) is 32.4 Å². The standard InChI is InChI=1S/C12H20N4O/c1-9(2)16(7-4-8-17)11-6-3-5-10(15-11)12(13)14/h3,5-6,9,17H,4,7-8H2,1-2H3,(H3,13,14). The van der Waals surface area contributed by atoms with Crippen molar-refractivity contribution in [2.75, 3.05) is 18.1 Å². The summed E-state index contributed by atoms with van der Waals surface area (Å²) in [5.41, 5.74) is 5.90. The number of hydrogen-bond acceptors (Lipinski definition) is 4. The second-order valence-corrected chi connectivity index (χ2v) is 4.16. The highest BCUT2D eigenvalue weighted by Crippen LogP contribution is 2.15. The van der Waals surface area contributed by atoms with Gasteiger partial charge in [0.25, 0.3) is 0 Å². The van der Waals surface area contributed by atoms with E-state index >= 15 is 0 Å². The molecule has 1 aromatic heterocycles. The van der Waals surface area contributed by atoms with Crippen molar-refractivity contribution < 1.29 is 5.11 Å². The molecule has 17 heavy (non-hydrogen) atoms. The molecule has 1 heterocycles. The smallest absolute Gasteiger partial charge is 0.141 e. The fourth-order valence-electron chi connectivity index (χ4n) is 1.61. The number of rotatable bonds is 6. The van der Waals surface area contributed by atoms with Crippen LogP contribution in [0.3, 0.4) is 0 Å². The summed E-state index contributed by atoms with van der Waals surface area (Å²) in [4.78, 5) is 6.43. The number of nitrogens with one attached hydrogen (secondary N) is 1. The fraction of sp³-hybridized carbons (Fsp3) is 0.500. The summed E-state index contributed by atoms with van der Waals surface area (Å²) >= 11 is 0. The van der Waals surface area contributed by atoms with Crippen LogP contribution in [0.1, 0.15) is 26.0 Å². The van der Waals surface area contributed by atoms with E-state index in [1.54, 1.807) is 6.07 Å². The molecule has 0 amide bonds. The Hall–Kier alpha value is -1.62. The van der Waals surface area contributed by atoms with Gasteiger partial charge in [-0.3, -0.25) is 5.41 Å². The molecule has 0 aliphatic carbocycles. The van der Waals surface area contributed by atoms with Crippen molar-refractivity contribution >= 4 is 11.7 Å². The van der Waals surface area contributed by atoms with E-state index in [9.17, 15) is 0 Å². The molecule has 0 saturated carbocycles. The highest BCUT2D eigenvalue weighted by molar-refractivity contribution is 5.93. The molecule has 0 aliphatic rings. The first kappa shape index (κ1) is 13.4. The average Bonchev–Trinajstić information content (AvgIpc) is 2.29. The SMILES string of the molecule is CC(C)N(CCCO)c1cccc(C(=N)N)n1. The molecule has 94 valence electrons. The summed E-state index contributed by atoms with van der Waals surface area (Å²) in [6, 6.07) is 5.74. The summed E-state index contributed by atoms with van der Waals surface area (Å²) in [5.74, 6) is 0.763. The molecule has 0 atom stereocenters. The second kappa shape index (κ2) is 6.20. The predicted molar refractivity (Wildman–Crippen MR) is 69.4 cm³/mol. The van der Waals surface area contributed by atoms with E-state index in [0.29, 0.717) is 12.1 Å². The zero-order chi connectivity index (χ0) is 12.8. The summed E-state index contributed by atoms with van der Waals surface area (Å²) in [7, 11) is 0. The Kier molecular flexibility index (Phi) is 4.90. The van der Waals surface area contributed by atoms with Crippen molar-refractivity contribution in [3.8, 4) is 0 Å². The van der Waals surface area contributed by atoms with Crippen LogP contribution >= 0.6 is 0 Å². The largest absolute Gasteiger partial charge is 0.396 e. The Morgan fingerprint density at radius 3 is 2.76 bits per heavy atom. The van der Waals surface area contributed by atoms with Gasteiger partial charge in [0, 0.05) is 19.2 Å². The minimum atomic E-state index is -0.0299. The summed E-state index contributed by atoms with van der Waals surface area (Å²) in [6.07, 6.45) is 0.699. The van der Waals surface area contributed by atoms with E-state index in [2.05, 4.69) is 23.7 Å². The Labute approximate surface area is 102 Å². The molecular weight excluding hydrogens is 216 g/mol. The average molecular weight is 236 g/mol. The number of amidine groups is 1. The van der Waals surface area contributed by atoms with E-state index < -0.39 is 0 Å². The van der Waals surface area contributed by atoms with Crippen LogP contribution in [0.2, 0.25) is 0 Å². The van der Waals surface area contributed by atoms with Gasteiger partial charge in [-0.2, -0.15) is 0 Å². The van der Waals surface area contributed by atoms with Crippen LogP contribution < -0.4 is 10.6 Å². The van der Waals surface area contributed by atoms with E-state index in [1.807, 2.05) is 12.1 Å². The van der Waals surface area contributed by atoms with Crippen LogP contribution in [0.4, 0.5) is 5.82 Å². The van der Waals surface area contributed by atoms with Crippen LogP contribution in [0.5, 0.6) is 0 Å². The van der Waals surface area contributed by atoms with Crippen LogP contribution in [0, 0.1) is 5.41 Å². The Morgan fingerprint density at radius 1 is 1.53 bits per heavy atom. The molecule has 0 bridgehead atoms. The lowest BCUT2D eigenvalue weighted by atomic mass is 10.2. The minimum Gasteiger partial charge on any atom is -0.396 e. The third-order valence-corrected chi connectivity index (χ3v) is 2.49. The summed E-state index contributed by atoms with van der Waals surface area (Å²) in [6.45, 7) is 5.04. The molecule has 4 N–H and O–H groups in total. The molecule has 0 aromatic carbocycles. The molecule has 5 heteroatoms. The lowest BCUT2D eigenvalue weighted by Gasteiger charge is -2.27. The second-order valence-electron chi connectivity index (χ2n) is 4.16. The number of aromatic nitrogens is 1. The van der Waals surface area contributed by atoms with Gasteiger partial charge >= 0.3 is 0 Å². The zero-order valence-electron chi connectivity index (χ0n) is 10.3. The van der Waals surface area contributed by atoms with Gasteiger partial charge < -0.3 is 15.7 Å². The van der Waals surface area contributed by atoms with Gasteiger partial charge in [-0.15, -0.1) is 0 Å². The molecule has 1 rings (SSSR count). The van der Waals surface area contributed by atoms with E-state index in [-0.39, 0.29) is 18.5 Å². The van der Waals surface area contributed by atoms with Crippen molar-refractivity contribution in [2.45, 2.75) is 26.3 Å². The third-order valence-electron chi connectivity index (χ3n) is 2.49. The Balaban J connectivity index is 2.93. The number of aliphatic hydroxyl groups is 1. The molecule has 0 radical (unpaired) electrons. The van der Waals surface area contributed by atoms with Crippen molar-refractivity contribution in [1.29, 1.82) is 5.41 Å². The van der Waals surface area contributed by atoms with Crippen molar-refractivity contribution in [3.05, 3.63) is 23.9 Å². The Morgan fingerprint density at radius 2 is 2.24 bits per heavy atom. The quantitative estimate of drug-likeness (QED) is 0.507. The molecule has 0 aliphatic heterocycles. The maximum Gasteiger partial charge on any atom is 0.141 e. The van der Waals surface area contributed by atoms with Crippen molar-refractivity contribution in [3.63, 3.8) is 0 Å². The zero-order valence-corrected chi connectivity index (χ0v) is 10.3. The first-order valence-electron chi connectivity index (χ1n) is 5.75. The predicted octanol–water partition coefficient (Wildman–Crippen LogP) is 0.963. The molecule has 0 saturated heterocycles. The summed E-state index contributed by atoms with van der Waals surface area (Å²) in [5, 5.41) is 16.3. The third kappa shape index (κ3) is 3.71. The maximum atomic E-state index is 8.89. The van der Waals surface area contributed by atoms with Gasteiger partial charge in [0.15, 0.2) is 0 Å². The number of nitrogens with zero attached hydrogens (tertiary/aromatic N) is 2. The number of aliphatic hydroxyl groups excluding tert-OH is 1. The Bertz CT molecular complexity index is 379. The monoisotopic (exact) mass is 236 g/mol. The van der Waals surface area contributed by atoms with Gasteiger partial charge in [-0.1, -0.05) is 6.07 Å². The normalized spacial score (nSPS) is 10.6. The van der Waals surface area contributed by atoms with Crippen LogP contribution in [0.25, 0.3) is 0 Å². The van der Waals surface area contributed by atoms with Crippen LogP contribution in [0.15, 0.2) is 18.2 Å². The molecule has 5 nitrogen and oxygen atoms in total. The molecule has 1 aromatic rings. The van der Waals surface area contributed by atoms with E-state index in [0.717, 1.165) is 12.4 Å². The van der Waals surface area contributed by atoms with E-state index in [1.165, 1.54) is 0 Å². The van der Waals surface area contributed by atoms with E-state index in [4.69, 9.17) is 16.2 Å². The lowest BCUT2D eigenvalue weighted by Crippen LogP contribution is -2.33. The highest BCUT2D eigenvalue weighted by Gasteiger charge is 2.12. The number of nitrogens with two attached hydrogens (primary N) is 1. The van der Waals surface area contributed by atoms with Crippen LogP contribution in [-0.4, -0.2) is 35.1 Å². The fourth-order valence-corrected chi connectivity index (χ4v) is 1.61. The topological polar surface area (TPSA) is 86.2 Å². The first-order chi connectivity index (χ1) is 8.06. The van der Waals surface area contributed by atoms with Gasteiger partial charge in [-0.25, -0.2) is 4.98 Å². The van der Waals surface area contributed by atoms with Crippen LogP contribution in [-0.2, 0) is 0 Å². The molecule has 0 unspecified atom stereocenters.